The van der Waals surface area contributed by atoms with E-state index in [1.54, 1.807) is 30.3 Å². The van der Waals surface area contributed by atoms with E-state index < -0.39 is 0 Å². The largest absolute Gasteiger partial charge is 0.381 e. The van der Waals surface area contributed by atoms with Crippen molar-refractivity contribution in [3.8, 4) is 30.3 Å². The van der Waals surface area contributed by atoms with Gasteiger partial charge in [0.15, 0.2) is 34.3 Å². The summed E-state index contributed by atoms with van der Waals surface area (Å²) in [5.74, 6) is -0.188. The molecule has 1 aromatic carbocycles. The number of nitrogens with two attached hydrogens (primary N) is 1. The molecule has 2 N–H and O–H groups in total. The quantitative estimate of drug-likeness (QED) is 0.414. The summed E-state index contributed by atoms with van der Waals surface area (Å²) in [7, 11) is 0. The van der Waals surface area contributed by atoms with E-state index in [1.165, 1.54) is 0 Å². The van der Waals surface area contributed by atoms with E-state index in [0.29, 0.717) is 0 Å². The van der Waals surface area contributed by atoms with Crippen molar-refractivity contribution in [2.45, 2.75) is 0 Å². The monoisotopic (exact) mass is 374 g/mol. The first-order valence-electron chi connectivity index (χ1n) is 7.59. The maximum absolute atomic E-state index is 9.27. The molecule has 3 heterocycles. The standard InChI is InChI=1S/C17H2N12/c18-1-6-7(2-19)26-13-11(24-6)12-14(27-9(4-21)8(3-20)25-12)16-15(13)28-10(5-22)17(23)29-16/h(H2,23,29). The summed E-state index contributed by atoms with van der Waals surface area (Å²) in [4.78, 5) is 24.8. The fourth-order valence-electron chi connectivity index (χ4n) is 2.70. The highest BCUT2D eigenvalue weighted by Crippen LogP contribution is 2.31. The van der Waals surface area contributed by atoms with Crippen molar-refractivity contribution in [3.05, 3.63) is 28.5 Å². The molecule has 0 amide bonds. The van der Waals surface area contributed by atoms with Crippen LogP contribution in [-0.4, -0.2) is 29.9 Å². The van der Waals surface area contributed by atoms with Crippen LogP contribution < -0.4 is 5.73 Å². The van der Waals surface area contributed by atoms with Crippen molar-refractivity contribution < 1.29 is 0 Å². The van der Waals surface area contributed by atoms with Crippen molar-refractivity contribution >= 4 is 38.9 Å². The van der Waals surface area contributed by atoms with Gasteiger partial charge in [-0.2, -0.15) is 26.3 Å². The summed E-state index contributed by atoms with van der Waals surface area (Å²) in [5.41, 5.74) is 4.71. The van der Waals surface area contributed by atoms with Crippen molar-refractivity contribution in [1.29, 1.82) is 26.3 Å². The van der Waals surface area contributed by atoms with Crippen LogP contribution in [0.4, 0.5) is 5.82 Å². The molecule has 0 spiro atoms. The molecule has 4 rings (SSSR count). The summed E-state index contributed by atoms with van der Waals surface area (Å²) in [5, 5.41) is 46.3. The summed E-state index contributed by atoms with van der Waals surface area (Å²) in [6.07, 6.45) is 0. The first-order valence-corrected chi connectivity index (χ1v) is 7.59. The van der Waals surface area contributed by atoms with Gasteiger partial charge in [0.1, 0.15) is 63.4 Å². The molecule has 0 aliphatic rings. The molecular formula is C17H2N12. The van der Waals surface area contributed by atoms with E-state index in [2.05, 4.69) is 29.9 Å². The molecule has 12 heteroatoms. The number of hydrogen-bond donors (Lipinski definition) is 1. The number of nitrogens with zero attached hydrogens (tertiary/aromatic N) is 11. The highest BCUT2D eigenvalue weighted by Gasteiger charge is 2.22. The second kappa shape index (κ2) is 6.03. The van der Waals surface area contributed by atoms with Gasteiger partial charge in [-0.25, -0.2) is 29.9 Å². The van der Waals surface area contributed by atoms with E-state index in [-0.39, 0.29) is 67.4 Å². The normalized spacial score (nSPS) is 10.0. The van der Waals surface area contributed by atoms with Gasteiger partial charge in [0.2, 0.25) is 0 Å². The molecule has 0 atom stereocenters. The Morgan fingerprint density at radius 1 is 0.414 bits per heavy atom. The molecule has 0 saturated heterocycles. The zero-order valence-electron chi connectivity index (χ0n) is 14.0. The molecule has 0 aliphatic carbocycles. The van der Waals surface area contributed by atoms with Gasteiger partial charge in [-0.1, -0.05) is 0 Å². The Morgan fingerprint density at radius 3 is 0.931 bits per heavy atom. The fraction of sp³-hybridized carbons (Fsp3) is 0. The number of nitrogen functional groups attached to an aromatic ring is 1. The lowest BCUT2D eigenvalue weighted by Crippen LogP contribution is -2.06. The number of aromatic nitrogens is 6. The molecule has 4 aromatic rings. The lowest BCUT2D eigenvalue weighted by atomic mass is 10.1. The van der Waals surface area contributed by atoms with E-state index in [9.17, 15) is 26.3 Å². The zero-order valence-corrected chi connectivity index (χ0v) is 14.0. The van der Waals surface area contributed by atoms with Gasteiger partial charge >= 0.3 is 0 Å². The zero-order chi connectivity index (χ0) is 20.7. The predicted octanol–water partition coefficient (Wildman–Crippen LogP) is 0.457. The average molecular weight is 374 g/mol. The summed E-state index contributed by atoms with van der Waals surface area (Å²) < 4.78 is 0. The van der Waals surface area contributed by atoms with Gasteiger partial charge in [0.05, 0.1) is 0 Å². The van der Waals surface area contributed by atoms with Crippen LogP contribution >= 0.6 is 0 Å². The Morgan fingerprint density at radius 2 is 0.655 bits per heavy atom. The number of rotatable bonds is 0. The number of hydrogen-bond acceptors (Lipinski definition) is 12. The number of nitriles is 5. The summed E-state index contributed by atoms with van der Waals surface area (Å²) in [6, 6.07) is 8.86. The van der Waals surface area contributed by atoms with Crippen LogP contribution in [0.3, 0.4) is 0 Å². The lowest BCUT2D eigenvalue weighted by molar-refractivity contribution is 1.17. The summed E-state index contributed by atoms with van der Waals surface area (Å²) >= 11 is 0. The van der Waals surface area contributed by atoms with Gasteiger partial charge in [-0.3, -0.25) is 0 Å². The van der Waals surface area contributed by atoms with E-state index >= 15 is 0 Å². The predicted molar refractivity (Wildman–Crippen MR) is 93.7 cm³/mol. The van der Waals surface area contributed by atoms with Gasteiger partial charge in [-0.05, 0) is 0 Å². The Hall–Kier alpha value is -5.51. The molecule has 0 unspecified atom stereocenters. The van der Waals surface area contributed by atoms with Crippen LogP contribution in [0.15, 0.2) is 0 Å². The maximum Gasteiger partial charge on any atom is 0.183 e. The fourth-order valence-corrected chi connectivity index (χ4v) is 2.70. The van der Waals surface area contributed by atoms with Crippen LogP contribution in [0.2, 0.25) is 0 Å². The van der Waals surface area contributed by atoms with Gasteiger partial charge in [0, 0.05) is 0 Å². The van der Waals surface area contributed by atoms with Crippen LogP contribution in [0, 0.1) is 56.7 Å². The molecule has 0 radical (unpaired) electrons. The minimum Gasteiger partial charge on any atom is -0.381 e. The highest BCUT2D eigenvalue weighted by atomic mass is 15.0. The Labute approximate surface area is 160 Å². The van der Waals surface area contributed by atoms with Crippen molar-refractivity contribution in [2.75, 3.05) is 5.73 Å². The van der Waals surface area contributed by atoms with E-state index in [0.717, 1.165) is 0 Å². The average Bonchev–Trinajstić information content (AvgIpc) is 2.76. The summed E-state index contributed by atoms with van der Waals surface area (Å²) in [6.45, 7) is 0. The van der Waals surface area contributed by atoms with Crippen LogP contribution in [0.1, 0.15) is 28.5 Å². The lowest BCUT2D eigenvalue weighted by Gasteiger charge is -2.09. The minimum atomic E-state index is -0.269. The van der Waals surface area contributed by atoms with Gasteiger partial charge < -0.3 is 5.73 Å². The molecule has 29 heavy (non-hydrogen) atoms. The topological polar surface area (TPSA) is 222 Å². The molecule has 0 bridgehead atoms. The molecular weight excluding hydrogens is 372 g/mol. The second-order valence-electron chi connectivity index (χ2n) is 5.45. The van der Waals surface area contributed by atoms with Crippen LogP contribution in [-0.2, 0) is 0 Å². The van der Waals surface area contributed by atoms with Crippen LogP contribution in [0.25, 0.3) is 33.1 Å². The van der Waals surface area contributed by atoms with Crippen molar-refractivity contribution in [3.63, 3.8) is 0 Å². The second-order valence-corrected chi connectivity index (χ2v) is 5.45. The number of fused-ring (bicyclic) bond motifs is 6. The third kappa shape index (κ3) is 2.27. The first-order chi connectivity index (χ1) is 14.1. The smallest absolute Gasteiger partial charge is 0.183 e. The Balaban J connectivity index is 2.41. The maximum atomic E-state index is 9.27. The third-order valence-corrected chi connectivity index (χ3v) is 3.92. The van der Waals surface area contributed by atoms with Crippen LogP contribution in [0.5, 0.6) is 0 Å². The van der Waals surface area contributed by atoms with Gasteiger partial charge in [0.25, 0.3) is 0 Å². The molecule has 12 nitrogen and oxygen atoms in total. The highest BCUT2D eigenvalue weighted by molar-refractivity contribution is 6.18. The molecule has 0 aliphatic heterocycles. The van der Waals surface area contributed by atoms with Crippen molar-refractivity contribution in [1.82, 2.24) is 29.9 Å². The SMILES string of the molecule is N#Cc1nc2c(nc1N)c1nc(C#N)c(C#N)nc1c1nc(C#N)c(C#N)nc21. The molecule has 0 saturated carbocycles. The van der Waals surface area contributed by atoms with E-state index in [4.69, 9.17) is 5.73 Å². The molecule has 3 aromatic heterocycles. The molecule has 0 fully saturated rings. The molecule has 130 valence electrons. The Kier molecular flexibility index (Phi) is 3.52. The number of anilines is 1. The van der Waals surface area contributed by atoms with Gasteiger partial charge in [-0.15, -0.1) is 0 Å². The first kappa shape index (κ1) is 16.9. The minimum absolute atomic E-state index is 0.0134. The van der Waals surface area contributed by atoms with Crippen molar-refractivity contribution in [2.24, 2.45) is 0 Å². The third-order valence-electron chi connectivity index (χ3n) is 3.92. The Bertz CT molecular complexity index is 1570. The van der Waals surface area contributed by atoms with E-state index in [1.807, 2.05) is 0 Å². The number of benzene rings is 1.